The van der Waals surface area contributed by atoms with Crippen molar-refractivity contribution in [2.45, 2.75) is 26.6 Å². The molecule has 3 aromatic rings. The highest BCUT2D eigenvalue weighted by atomic mass is 35.5. The Labute approximate surface area is 191 Å². The number of methoxy groups -OCH3 is 2. The lowest BCUT2D eigenvalue weighted by Crippen LogP contribution is -2.34. The summed E-state index contributed by atoms with van der Waals surface area (Å²) in [6.07, 6.45) is 1.33. The van der Waals surface area contributed by atoms with Gasteiger partial charge in [0.2, 0.25) is 0 Å². The average molecular weight is 457 g/mol. The molecule has 7 nitrogen and oxygen atoms in total. The topological polar surface area (TPSA) is 90.7 Å². The molecule has 0 spiro atoms. The van der Waals surface area contributed by atoms with Crippen molar-refractivity contribution < 1.29 is 23.5 Å². The van der Waals surface area contributed by atoms with Crippen LogP contribution in [0, 0.1) is 6.92 Å². The van der Waals surface area contributed by atoms with Crippen molar-refractivity contribution in [3.63, 3.8) is 0 Å². The van der Waals surface area contributed by atoms with Gasteiger partial charge in [0.1, 0.15) is 17.3 Å². The maximum Gasteiger partial charge on any atom is 0.255 e. The van der Waals surface area contributed by atoms with Crippen LogP contribution in [0.2, 0.25) is 5.02 Å². The molecule has 0 aliphatic heterocycles. The van der Waals surface area contributed by atoms with Gasteiger partial charge in [-0.25, -0.2) is 0 Å². The Hall–Kier alpha value is -3.00. The summed E-state index contributed by atoms with van der Waals surface area (Å²) in [5.41, 5.74) is 3.14. The minimum atomic E-state index is -0.578. The van der Waals surface area contributed by atoms with Gasteiger partial charge in [-0.3, -0.25) is 14.6 Å². The molecule has 0 aliphatic carbocycles. The predicted molar refractivity (Wildman–Crippen MR) is 122 cm³/mol. The fourth-order valence-electron chi connectivity index (χ4n) is 3.26. The van der Waals surface area contributed by atoms with Crippen LogP contribution in [0.1, 0.15) is 28.5 Å². The van der Waals surface area contributed by atoms with Crippen LogP contribution in [-0.4, -0.2) is 43.7 Å². The van der Waals surface area contributed by atoms with E-state index < -0.39 is 6.29 Å². The lowest BCUT2D eigenvalue weighted by molar-refractivity contribution is -0.116. The third-order valence-corrected chi connectivity index (χ3v) is 5.24. The monoisotopic (exact) mass is 456 g/mol. The summed E-state index contributed by atoms with van der Waals surface area (Å²) in [4.78, 5) is 28.9. The molecule has 0 fully saturated rings. The zero-order valence-corrected chi connectivity index (χ0v) is 19.2. The molecule has 8 heteroatoms. The van der Waals surface area contributed by atoms with E-state index in [0.717, 1.165) is 11.1 Å². The number of aromatic nitrogens is 1. The van der Waals surface area contributed by atoms with Crippen molar-refractivity contribution in [1.82, 2.24) is 10.3 Å². The Balaban J connectivity index is 2.07. The minimum absolute atomic E-state index is 0.00871. The van der Waals surface area contributed by atoms with Crippen LogP contribution < -0.4 is 5.32 Å². The molecule has 3 rings (SSSR count). The van der Waals surface area contributed by atoms with Gasteiger partial charge in [0.15, 0.2) is 6.29 Å². The SMILES string of the molecule is COC(CNC(=O)c1cc(-c2cc(CC(C)=O)ncc2C)oc1-c1ccccc1Cl)OC. The minimum Gasteiger partial charge on any atom is -0.455 e. The number of rotatable bonds is 9. The number of carbonyl (C=O) groups is 2. The molecule has 0 aliphatic rings. The average Bonchev–Trinajstić information content (AvgIpc) is 3.20. The second kappa shape index (κ2) is 10.5. The molecule has 0 saturated carbocycles. The molecule has 0 unspecified atom stereocenters. The highest BCUT2D eigenvalue weighted by Gasteiger charge is 2.23. The molecule has 1 aromatic carbocycles. The van der Waals surface area contributed by atoms with Gasteiger partial charge in [0.25, 0.3) is 5.91 Å². The summed E-state index contributed by atoms with van der Waals surface area (Å²) in [7, 11) is 2.99. The van der Waals surface area contributed by atoms with E-state index in [9.17, 15) is 9.59 Å². The lowest BCUT2D eigenvalue weighted by Gasteiger charge is -2.14. The van der Waals surface area contributed by atoms with Crippen LogP contribution in [0.5, 0.6) is 0 Å². The van der Waals surface area contributed by atoms with Gasteiger partial charge in [-0.2, -0.15) is 0 Å². The van der Waals surface area contributed by atoms with Gasteiger partial charge in [0, 0.05) is 43.7 Å². The molecule has 2 heterocycles. The van der Waals surface area contributed by atoms with E-state index >= 15 is 0 Å². The molecular formula is C24H25ClN2O5. The van der Waals surface area contributed by atoms with Crippen molar-refractivity contribution in [2.24, 2.45) is 0 Å². The number of benzene rings is 1. The van der Waals surface area contributed by atoms with E-state index in [0.29, 0.717) is 33.4 Å². The Morgan fingerprint density at radius 2 is 1.88 bits per heavy atom. The number of furan rings is 1. The van der Waals surface area contributed by atoms with Crippen molar-refractivity contribution in [2.75, 3.05) is 20.8 Å². The van der Waals surface area contributed by atoms with Gasteiger partial charge >= 0.3 is 0 Å². The van der Waals surface area contributed by atoms with Gasteiger partial charge in [0.05, 0.1) is 17.1 Å². The predicted octanol–water partition coefficient (Wildman–Crippen LogP) is 4.45. The number of halogens is 1. The van der Waals surface area contributed by atoms with Crippen molar-refractivity contribution in [1.29, 1.82) is 0 Å². The highest BCUT2D eigenvalue weighted by Crippen LogP contribution is 2.37. The zero-order chi connectivity index (χ0) is 23.3. The molecule has 1 amide bonds. The van der Waals surface area contributed by atoms with E-state index in [4.69, 9.17) is 25.5 Å². The molecule has 0 bridgehead atoms. The first-order chi connectivity index (χ1) is 15.3. The van der Waals surface area contributed by atoms with Crippen LogP contribution in [0.3, 0.4) is 0 Å². The van der Waals surface area contributed by atoms with Gasteiger partial charge in [-0.15, -0.1) is 0 Å². The van der Waals surface area contributed by atoms with Crippen molar-refractivity contribution in [3.8, 4) is 22.6 Å². The number of hydrogen-bond acceptors (Lipinski definition) is 6. The molecule has 0 saturated heterocycles. The third-order valence-electron chi connectivity index (χ3n) is 4.91. The van der Waals surface area contributed by atoms with E-state index in [1.807, 2.05) is 13.0 Å². The number of ether oxygens (including phenoxy) is 2. The van der Waals surface area contributed by atoms with E-state index in [-0.39, 0.29) is 24.7 Å². The third kappa shape index (κ3) is 5.43. The number of ketones is 1. The number of aryl methyl sites for hydroxylation is 1. The fraction of sp³-hybridized carbons (Fsp3) is 0.292. The first-order valence-corrected chi connectivity index (χ1v) is 10.4. The summed E-state index contributed by atoms with van der Waals surface area (Å²) < 4.78 is 16.4. The first kappa shape index (κ1) is 23.7. The molecule has 0 atom stereocenters. The van der Waals surface area contributed by atoms with Crippen molar-refractivity contribution in [3.05, 3.63) is 64.4 Å². The maximum atomic E-state index is 13.0. The molecule has 168 valence electrons. The summed E-state index contributed by atoms with van der Waals surface area (Å²) in [5.74, 6) is 0.475. The van der Waals surface area contributed by atoms with Gasteiger partial charge in [-0.1, -0.05) is 23.7 Å². The summed E-state index contributed by atoms with van der Waals surface area (Å²) in [6.45, 7) is 3.56. The van der Waals surface area contributed by atoms with E-state index in [2.05, 4.69) is 10.3 Å². The summed E-state index contributed by atoms with van der Waals surface area (Å²) in [6, 6.07) is 10.6. The Kier molecular flexibility index (Phi) is 7.80. The van der Waals surface area contributed by atoms with E-state index in [1.54, 1.807) is 36.5 Å². The van der Waals surface area contributed by atoms with Gasteiger partial charge < -0.3 is 19.2 Å². The molecule has 32 heavy (non-hydrogen) atoms. The second-order valence-corrected chi connectivity index (χ2v) is 7.72. The molecule has 1 N–H and O–H groups in total. The number of nitrogens with zero attached hydrogens (tertiary/aromatic N) is 1. The maximum absolute atomic E-state index is 13.0. The number of amides is 1. The highest BCUT2D eigenvalue weighted by molar-refractivity contribution is 6.33. The normalized spacial score (nSPS) is 11.1. The van der Waals surface area contributed by atoms with E-state index in [1.165, 1.54) is 21.1 Å². The second-order valence-electron chi connectivity index (χ2n) is 7.31. The van der Waals surface area contributed by atoms with Crippen molar-refractivity contribution >= 4 is 23.3 Å². The molecule has 0 radical (unpaired) electrons. The van der Waals surface area contributed by atoms with Crippen LogP contribution in [0.25, 0.3) is 22.6 Å². The number of hydrogen-bond donors (Lipinski definition) is 1. The molecule has 2 aromatic heterocycles. The number of Topliss-reactive ketones (excluding diaryl/α,β-unsaturated/α-hetero) is 1. The summed E-state index contributed by atoms with van der Waals surface area (Å²) in [5, 5.41) is 3.25. The first-order valence-electron chi connectivity index (χ1n) is 10.0. The zero-order valence-electron chi connectivity index (χ0n) is 18.4. The number of pyridine rings is 1. The standard InChI is InChI=1S/C24H25ClN2O5/c1-14-12-26-16(9-15(2)28)10-18(14)21-11-19(24(29)27-13-22(30-3)31-4)23(32-21)17-7-5-6-8-20(17)25/h5-8,10-12,22H,9,13H2,1-4H3,(H,27,29). The Morgan fingerprint density at radius 3 is 2.53 bits per heavy atom. The Bertz CT molecular complexity index is 1120. The van der Waals surface area contributed by atoms with Gasteiger partial charge in [-0.05, 0) is 43.7 Å². The number of nitrogens with one attached hydrogen (secondary N) is 1. The van der Waals surface area contributed by atoms with Crippen LogP contribution in [0.15, 0.2) is 47.0 Å². The van der Waals surface area contributed by atoms with Crippen LogP contribution >= 0.6 is 11.6 Å². The largest absolute Gasteiger partial charge is 0.455 e. The number of carbonyl (C=O) groups excluding carboxylic acids is 2. The summed E-state index contributed by atoms with van der Waals surface area (Å²) >= 11 is 6.40. The quantitative estimate of drug-likeness (QED) is 0.478. The van der Waals surface area contributed by atoms with Crippen LogP contribution in [0.4, 0.5) is 0 Å². The smallest absolute Gasteiger partial charge is 0.255 e. The van der Waals surface area contributed by atoms with Crippen LogP contribution in [-0.2, 0) is 20.7 Å². The molecular weight excluding hydrogens is 432 g/mol. The Morgan fingerprint density at radius 1 is 1.16 bits per heavy atom. The fourth-order valence-corrected chi connectivity index (χ4v) is 3.48. The lowest BCUT2D eigenvalue weighted by atomic mass is 10.0.